The van der Waals surface area contributed by atoms with Gasteiger partial charge in [0.25, 0.3) is 0 Å². The predicted molar refractivity (Wildman–Crippen MR) is 585 cm³/mol. The van der Waals surface area contributed by atoms with Crippen molar-refractivity contribution >= 4 is 90.5 Å². The molecule has 0 radical (unpaired) electrons. The van der Waals surface area contributed by atoms with Gasteiger partial charge in [0.1, 0.15) is 48.0 Å². The molecular weight excluding hydrogens is 1940 g/mol. The summed E-state index contributed by atoms with van der Waals surface area (Å²) in [4.78, 5) is 61.4. The van der Waals surface area contributed by atoms with Gasteiger partial charge in [0.05, 0.1) is 36.0 Å². The molecule has 8 aromatic carbocycles. The monoisotopic (exact) mass is 2040 g/mol. The summed E-state index contributed by atoms with van der Waals surface area (Å²) in [6, 6.07) is 82.6. The summed E-state index contributed by atoms with van der Waals surface area (Å²) >= 11 is 24.7. The SMILES string of the molecule is CN(C)CCc1ccc(-c2cncc(-c3cc(-c4cc(Cl)ccc4F)nc4ncccc34)c2)cc1.Fc1ccc(Cl)cc1-c1cc(-c2cncc(-c3ccc(OCCN4CCOCC4)cc3)c2)c2cccnc2n1.Fc1ccc(Cl)cc1-c1cc(-c2cncc(-c3cccc(C4CCNCC4)c3)c2)c2cccnc2n1.Fc1ccc(Cl)cc1-c1cc(-c2cncc(-c3cccc(OCCN4CCCC4)c3)c2)c2cccnc2n1. The number of halogens is 8. The van der Waals surface area contributed by atoms with E-state index in [-0.39, 0.29) is 11.6 Å². The lowest BCUT2D eigenvalue weighted by Crippen LogP contribution is -2.38. The number of hydrogen-bond acceptors (Lipinski definition) is 19. The van der Waals surface area contributed by atoms with Crippen molar-refractivity contribution in [3.8, 4) is 146 Å². The summed E-state index contributed by atoms with van der Waals surface area (Å²) in [7, 11) is 4.16. The molecule has 3 aliphatic heterocycles. The molecule has 23 rings (SSSR count). The zero-order valence-electron chi connectivity index (χ0n) is 81.1. The van der Waals surface area contributed by atoms with Crippen molar-refractivity contribution in [1.82, 2.24) is 79.8 Å². The maximum absolute atomic E-state index is 14.7. The topological polar surface area (TPSA) is 204 Å². The van der Waals surface area contributed by atoms with Crippen LogP contribution in [0.1, 0.15) is 42.7 Å². The van der Waals surface area contributed by atoms with Crippen molar-refractivity contribution < 1.29 is 31.8 Å². The number of hydrogen-bond donors (Lipinski definition) is 1. The van der Waals surface area contributed by atoms with E-state index in [4.69, 9.17) is 60.6 Å². The quantitative estimate of drug-likeness (QED) is 0.0559. The lowest BCUT2D eigenvalue weighted by atomic mass is 9.88. The number of aromatic nitrogens is 12. The van der Waals surface area contributed by atoms with Gasteiger partial charge in [0.15, 0.2) is 22.6 Å². The first-order valence-electron chi connectivity index (χ1n) is 49.1. The Balaban J connectivity index is 0.000000120. The molecule has 3 saturated heterocycles. The number of likely N-dealkylation sites (N-methyl/N-ethyl adjacent to an activating group) is 1. The minimum absolute atomic E-state index is 0.324. The van der Waals surface area contributed by atoms with Crippen LogP contribution in [0.2, 0.25) is 20.1 Å². The van der Waals surface area contributed by atoms with Gasteiger partial charge in [-0.15, -0.1) is 0 Å². The summed E-state index contributed by atoms with van der Waals surface area (Å²) in [6.07, 6.45) is 27.3. The van der Waals surface area contributed by atoms with Crippen molar-refractivity contribution in [3.05, 3.63) is 396 Å². The van der Waals surface area contributed by atoms with Crippen LogP contribution in [0.5, 0.6) is 11.5 Å². The van der Waals surface area contributed by atoms with E-state index in [1.807, 2.05) is 159 Å². The van der Waals surface area contributed by atoms with Crippen molar-refractivity contribution in [2.45, 2.75) is 38.0 Å². The molecule has 738 valence electrons. The van der Waals surface area contributed by atoms with E-state index in [0.717, 1.165) is 213 Å². The Morgan fingerprint density at radius 2 is 0.689 bits per heavy atom. The van der Waals surface area contributed by atoms with Gasteiger partial charge in [-0.05, 0) is 328 Å². The third-order valence-corrected chi connectivity index (χ3v) is 27.5. The second kappa shape index (κ2) is 47.2. The molecule has 148 heavy (non-hydrogen) atoms. The zero-order valence-corrected chi connectivity index (χ0v) is 84.1. The standard InChI is InChI=1S/C31H26ClFN4O2.C31H26ClFN4O.C30H24ClFN4.C29H24ClFN4/c32-24-5-8-29(33)28(17-24)30-18-27(26-2-1-9-35-31(26)36-30)23-16-22(19-34-20-23)21-3-6-25(7-4-21)39-15-12-37-10-13-38-14-11-37;32-24-8-9-29(33)28(17-24)30-18-27(26-7-4-10-35-31(26)36-30)23-15-22(19-34-20-23)21-5-3-6-25(16-21)38-14-13-37-11-1-2-12-37;31-24-6-7-28(32)27(15-24)29-16-26(25-5-2-10-35-30(25)36-29)23-14-22(17-34-18-23)21-4-1-3-20(13-21)19-8-11-33-12-9-19;1-35(2)13-11-19-5-7-20(8-6-19)21-14-22(18-32-17-21)25-16-28(26-15-23(30)9-10-27(26)31)34-29-24(25)4-3-12-33-29/h1-9,16-20H,10-15H2;3-10,15-20H,1-2,11-14H2;1-7,10,13-19,33H,8-9,11-12H2;3-10,12,14-18H,11,13H2,1-2H3. The second-order valence-electron chi connectivity index (χ2n) is 36.7. The molecule has 0 atom stereocenters. The highest BCUT2D eigenvalue weighted by Gasteiger charge is 2.24. The fourth-order valence-corrected chi connectivity index (χ4v) is 19.4. The largest absolute Gasteiger partial charge is 0.492 e. The summed E-state index contributed by atoms with van der Waals surface area (Å²) in [5.41, 5.74) is 23.3. The average Bonchev–Trinajstić information content (AvgIpc) is 0.858. The molecular formula is C121H100Cl4F4N16O3. The van der Waals surface area contributed by atoms with Crippen LogP contribution < -0.4 is 14.8 Å². The van der Waals surface area contributed by atoms with E-state index in [9.17, 15) is 17.6 Å². The highest BCUT2D eigenvalue weighted by molar-refractivity contribution is 6.32. The van der Waals surface area contributed by atoms with Crippen molar-refractivity contribution in [2.24, 2.45) is 0 Å². The van der Waals surface area contributed by atoms with Gasteiger partial charge < -0.3 is 24.4 Å². The number of nitrogens with zero attached hydrogens (tertiary/aromatic N) is 15. The van der Waals surface area contributed by atoms with Gasteiger partial charge in [0, 0.05) is 215 Å². The van der Waals surface area contributed by atoms with Crippen LogP contribution in [-0.2, 0) is 11.2 Å². The summed E-state index contributed by atoms with van der Waals surface area (Å²) < 4.78 is 76.3. The minimum Gasteiger partial charge on any atom is -0.492 e. The number of benzene rings is 8. The van der Waals surface area contributed by atoms with Gasteiger partial charge in [-0.25, -0.2) is 57.4 Å². The molecule has 15 heterocycles. The number of likely N-dealkylation sites (tertiary alicyclic amines) is 1. The maximum Gasteiger partial charge on any atom is 0.160 e. The molecule has 0 amide bonds. The predicted octanol–water partition coefficient (Wildman–Crippen LogP) is 28.0. The first-order valence-corrected chi connectivity index (χ1v) is 50.6. The minimum atomic E-state index is -0.396. The van der Waals surface area contributed by atoms with E-state index in [0.29, 0.717) is 107 Å². The van der Waals surface area contributed by atoms with E-state index >= 15 is 0 Å². The Morgan fingerprint density at radius 1 is 0.338 bits per heavy atom. The zero-order chi connectivity index (χ0) is 101. The highest BCUT2D eigenvalue weighted by atomic mass is 35.5. The second-order valence-corrected chi connectivity index (χ2v) is 38.5. The Bertz CT molecular complexity index is 8170. The van der Waals surface area contributed by atoms with Crippen LogP contribution in [0.3, 0.4) is 0 Å². The molecule has 0 bridgehead atoms. The Morgan fingerprint density at radius 3 is 1.08 bits per heavy atom. The summed E-state index contributed by atoms with van der Waals surface area (Å²) in [6.45, 7) is 12.0. The van der Waals surface area contributed by atoms with Crippen LogP contribution in [0.4, 0.5) is 17.6 Å². The van der Waals surface area contributed by atoms with Crippen LogP contribution in [0.25, 0.3) is 178 Å². The summed E-state index contributed by atoms with van der Waals surface area (Å²) in [5, 5.41) is 8.69. The number of fused-ring (bicyclic) bond motifs is 4. The van der Waals surface area contributed by atoms with Crippen molar-refractivity contribution in [1.29, 1.82) is 0 Å². The molecule has 0 saturated carbocycles. The number of piperidine rings is 1. The van der Waals surface area contributed by atoms with E-state index in [1.165, 1.54) is 72.5 Å². The molecule has 12 aromatic heterocycles. The van der Waals surface area contributed by atoms with Crippen LogP contribution in [-0.4, -0.2) is 174 Å². The van der Waals surface area contributed by atoms with E-state index in [2.05, 4.69) is 167 Å². The fourth-order valence-electron chi connectivity index (χ4n) is 18.8. The molecule has 1 N–H and O–H groups in total. The highest BCUT2D eigenvalue weighted by Crippen LogP contribution is 2.43. The number of rotatable bonds is 24. The Kier molecular flexibility index (Phi) is 31.9. The van der Waals surface area contributed by atoms with E-state index < -0.39 is 11.6 Å². The first kappa shape index (κ1) is 100. The molecule has 0 aliphatic carbocycles. The maximum atomic E-state index is 14.7. The summed E-state index contributed by atoms with van der Waals surface area (Å²) in [5.74, 6) is 0.690. The van der Waals surface area contributed by atoms with Crippen LogP contribution >= 0.6 is 46.4 Å². The third kappa shape index (κ3) is 24.4. The van der Waals surface area contributed by atoms with Gasteiger partial charge in [-0.3, -0.25) is 29.7 Å². The Hall–Kier alpha value is -15.1. The average molecular weight is 2040 g/mol. The molecule has 27 heteroatoms. The number of nitrogens with one attached hydrogen (secondary N) is 1. The first-order chi connectivity index (χ1) is 72.4. The van der Waals surface area contributed by atoms with Crippen LogP contribution in [0.15, 0.2) is 341 Å². The fraction of sp³-hybridized carbons (Fsp3) is 0.174. The van der Waals surface area contributed by atoms with Gasteiger partial charge in [-0.2, -0.15) is 0 Å². The molecule has 3 fully saturated rings. The van der Waals surface area contributed by atoms with Crippen molar-refractivity contribution in [2.75, 3.05) is 99.4 Å². The van der Waals surface area contributed by atoms with Gasteiger partial charge >= 0.3 is 0 Å². The molecule has 3 aliphatic rings. The molecule has 19 nitrogen and oxygen atoms in total. The smallest absolute Gasteiger partial charge is 0.160 e. The van der Waals surface area contributed by atoms with E-state index in [1.54, 1.807) is 61.4 Å². The van der Waals surface area contributed by atoms with Gasteiger partial charge in [0.2, 0.25) is 0 Å². The molecule has 0 spiro atoms. The lowest BCUT2D eigenvalue weighted by molar-refractivity contribution is 0.0322. The van der Waals surface area contributed by atoms with Gasteiger partial charge in [-0.1, -0.05) is 119 Å². The van der Waals surface area contributed by atoms with Crippen LogP contribution in [0, 0.1) is 23.3 Å². The molecule has 20 aromatic rings. The lowest BCUT2D eigenvalue weighted by Gasteiger charge is -2.26. The third-order valence-electron chi connectivity index (χ3n) is 26.5. The Labute approximate surface area is 874 Å². The normalized spacial score (nSPS) is 13.4. The molecule has 0 unspecified atom stereocenters. The number of pyridine rings is 12. The number of ether oxygens (including phenoxy) is 3. The van der Waals surface area contributed by atoms with Crippen molar-refractivity contribution in [3.63, 3.8) is 0 Å². The number of morpholine rings is 1.